The first-order valence-corrected chi connectivity index (χ1v) is 23.9. The van der Waals surface area contributed by atoms with Gasteiger partial charge < -0.3 is 45.2 Å². The van der Waals surface area contributed by atoms with Crippen LogP contribution in [0.3, 0.4) is 0 Å². The van der Waals surface area contributed by atoms with Crippen LogP contribution in [0.25, 0.3) is 33.3 Å². The van der Waals surface area contributed by atoms with Crippen molar-refractivity contribution in [3.05, 3.63) is 158 Å². The van der Waals surface area contributed by atoms with E-state index >= 15 is 0 Å². The van der Waals surface area contributed by atoms with Gasteiger partial charge in [-0.15, -0.1) is 0 Å². The van der Waals surface area contributed by atoms with Crippen molar-refractivity contribution >= 4 is 121 Å². The number of rotatable bonds is 9. The number of nitrogens with zero attached hydrogens (tertiary/aromatic N) is 6. The second kappa shape index (κ2) is 21.6. The van der Waals surface area contributed by atoms with E-state index in [9.17, 15) is 0 Å². The van der Waals surface area contributed by atoms with Crippen molar-refractivity contribution in [2.75, 3.05) is 55.2 Å². The second-order valence-electron chi connectivity index (χ2n) is 16.7. The molecule has 15 nitrogen and oxygen atoms in total. The Labute approximate surface area is 425 Å². The van der Waals surface area contributed by atoms with Gasteiger partial charge in [-0.3, -0.25) is 15.0 Å². The van der Waals surface area contributed by atoms with Gasteiger partial charge in [0.2, 0.25) is 0 Å². The van der Waals surface area contributed by atoms with Crippen LogP contribution in [0.15, 0.2) is 137 Å². The highest BCUT2D eigenvalue weighted by Crippen LogP contribution is 2.29. The summed E-state index contributed by atoms with van der Waals surface area (Å²) >= 11 is 18.1. The Balaban J connectivity index is 0.000000131. The molecule has 71 heavy (non-hydrogen) atoms. The SMILES string of the molecule is C.Cc1cc(Nc2nc3cc(C4=NCCCN4)ccc3o2)ccc1Cl.Cc1cc(Nc2nc3cc(C4=NCCN4)ccc3o2)ccc1Cl.Cc1cc(Nc2nc3ccc(C4=NCCN4)cc3o2)ccc1Cl. The molecule has 0 spiro atoms. The van der Waals surface area contributed by atoms with Gasteiger partial charge in [0, 0.05) is 75.0 Å². The zero-order chi connectivity index (χ0) is 48.1. The smallest absolute Gasteiger partial charge is 0.300 e. The number of aryl methyl sites for hydroxylation is 3. The van der Waals surface area contributed by atoms with E-state index < -0.39 is 0 Å². The normalized spacial score (nSPS) is 13.9. The summed E-state index contributed by atoms with van der Waals surface area (Å²) in [6.07, 6.45) is 1.07. The molecule has 362 valence electrons. The minimum atomic E-state index is 0. The monoisotopic (exact) mass is 1010 g/mol. The van der Waals surface area contributed by atoms with Crippen LogP contribution in [-0.2, 0) is 0 Å². The first-order valence-electron chi connectivity index (χ1n) is 22.7. The van der Waals surface area contributed by atoms with E-state index in [1.165, 1.54) is 0 Å². The van der Waals surface area contributed by atoms with Crippen molar-refractivity contribution in [3.63, 3.8) is 0 Å². The van der Waals surface area contributed by atoms with Crippen LogP contribution in [0.5, 0.6) is 0 Å². The molecule has 3 aromatic heterocycles. The second-order valence-corrected chi connectivity index (χ2v) is 17.9. The summed E-state index contributed by atoms with van der Waals surface area (Å²) in [5, 5.41) is 21.6. The number of aliphatic imine (C=N–C) groups is 3. The number of nitrogens with one attached hydrogen (secondary N) is 6. The third-order valence-corrected chi connectivity index (χ3v) is 12.7. The molecule has 6 heterocycles. The van der Waals surface area contributed by atoms with Crippen LogP contribution >= 0.6 is 34.8 Å². The van der Waals surface area contributed by atoms with Crippen molar-refractivity contribution in [2.45, 2.75) is 34.6 Å². The maximum atomic E-state index is 6.06. The number of anilines is 6. The lowest BCUT2D eigenvalue weighted by Crippen LogP contribution is -2.30. The van der Waals surface area contributed by atoms with Gasteiger partial charge in [0.1, 0.15) is 34.1 Å². The van der Waals surface area contributed by atoms with Gasteiger partial charge in [-0.25, -0.2) is 0 Å². The summed E-state index contributed by atoms with van der Waals surface area (Å²) in [6, 6.07) is 36.2. The number of amidine groups is 3. The quantitative estimate of drug-likeness (QED) is 0.0804. The number of oxazole rings is 3. The van der Waals surface area contributed by atoms with Gasteiger partial charge in [0.05, 0.1) is 13.1 Å². The molecule has 0 atom stereocenters. The van der Waals surface area contributed by atoms with Crippen molar-refractivity contribution in [1.82, 2.24) is 30.9 Å². The molecule has 6 aromatic carbocycles. The van der Waals surface area contributed by atoms with Crippen LogP contribution in [0.2, 0.25) is 15.1 Å². The zero-order valence-electron chi connectivity index (χ0n) is 38.4. The molecule has 9 aromatic rings. The molecule has 0 aliphatic carbocycles. The maximum absolute atomic E-state index is 6.06. The number of halogens is 3. The number of benzene rings is 6. The van der Waals surface area contributed by atoms with Crippen molar-refractivity contribution in [3.8, 4) is 0 Å². The fraction of sp³-hybridized carbons (Fsp3) is 0.208. The molecular formula is C53H51Cl3N12O3. The van der Waals surface area contributed by atoms with Gasteiger partial charge in [-0.05, 0) is 153 Å². The molecule has 0 saturated heterocycles. The topological polar surface area (TPSA) is 187 Å². The summed E-state index contributed by atoms with van der Waals surface area (Å²) in [4.78, 5) is 26.8. The fourth-order valence-electron chi connectivity index (χ4n) is 7.83. The summed E-state index contributed by atoms with van der Waals surface area (Å²) in [6.45, 7) is 11.1. The number of aromatic nitrogens is 3. The summed E-state index contributed by atoms with van der Waals surface area (Å²) in [5.74, 6) is 2.75. The lowest BCUT2D eigenvalue weighted by Gasteiger charge is -2.14. The van der Waals surface area contributed by atoms with Gasteiger partial charge in [0.15, 0.2) is 16.7 Å². The number of fused-ring (bicyclic) bond motifs is 3. The third kappa shape index (κ3) is 11.6. The molecule has 12 rings (SSSR count). The molecule has 18 heteroatoms. The highest BCUT2D eigenvalue weighted by molar-refractivity contribution is 6.32. The van der Waals surface area contributed by atoms with Crippen LogP contribution < -0.4 is 31.9 Å². The molecule has 0 radical (unpaired) electrons. The summed E-state index contributed by atoms with van der Waals surface area (Å²) < 4.78 is 17.3. The predicted octanol–water partition coefficient (Wildman–Crippen LogP) is 12.7. The first-order chi connectivity index (χ1) is 34.1. The van der Waals surface area contributed by atoms with Gasteiger partial charge in [-0.2, -0.15) is 15.0 Å². The van der Waals surface area contributed by atoms with E-state index in [1.807, 2.05) is 130 Å². The molecule has 0 saturated carbocycles. The van der Waals surface area contributed by atoms with E-state index in [1.54, 1.807) is 0 Å². The van der Waals surface area contributed by atoms with E-state index in [0.717, 1.165) is 162 Å². The highest BCUT2D eigenvalue weighted by atomic mass is 35.5. The number of hydrogen-bond donors (Lipinski definition) is 6. The minimum absolute atomic E-state index is 0. The molecule has 0 fully saturated rings. The Morgan fingerprint density at radius 3 is 1.23 bits per heavy atom. The Hall–Kier alpha value is -7.59. The maximum Gasteiger partial charge on any atom is 0.300 e. The fourth-order valence-corrected chi connectivity index (χ4v) is 8.18. The van der Waals surface area contributed by atoms with Crippen LogP contribution in [0.1, 0.15) is 47.2 Å². The average molecular weight is 1010 g/mol. The van der Waals surface area contributed by atoms with Gasteiger partial charge in [0.25, 0.3) is 18.0 Å². The van der Waals surface area contributed by atoms with E-state index in [2.05, 4.69) is 61.8 Å². The van der Waals surface area contributed by atoms with E-state index in [4.69, 9.17) is 48.1 Å². The van der Waals surface area contributed by atoms with Crippen LogP contribution in [0, 0.1) is 20.8 Å². The van der Waals surface area contributed by atoms with Gasteiger partial charge in [-0.1, -0.05) is 42.2 Å². The lowest BCUT2D eigenvalue weighted by molar-refractivity contribution is 0.622. The molecule has 0 bridgehead atoms. The van der Waals surface area contributed by atoms with E-state index in [0.29, 0.717) is 18.0 Å². The summed E-state index contributed by atoms with van der Waals surface area (Å²) in [7, 11) is 0. The standard InChI is InChI=1S/C18H17ClN4O.2C17H15ClN4O.CH4/c1-11-9-13(4-5-14(11)19)22-18-23-15-10-12(3-6-16(15)24-18)17-20-7-2-8-21-17;1-10-8-12(3-4-13(10)18)21-17-22-14-9-11(2-5-15(14)23-17)16-19-6-7-20-16;1-10-8-12(3-4-13(10)18)21-17-22-14-5-2-11(9-15(14)23-17)16-19-6-7-20-16;/h3-6,9-10H,2,7-8H2,1H3,(H,20,21)(H,22,23);2*2-5,8-9H,6-7H2,1H3,(H,19,20)(H,21,22);1H4. The van der Waals surface area contributed by atoms with Crippen LogP contribution in [0.4, 0.5) is 35.1 Å². The first kappa shape index (κ1) is 48.4. The van der Waals surface area contributed by atoms with Crippen LogP contribution in [-0.4, -0.2) is 71.7 Å². The molecule has 6 N–H and O–H groups in total. The minimum Gasteiger partial charge on any atom is -0.423 e. The van der Waals surface area contributed by atoms with Crippen molar-refractivity contribution in [2.24, 2.45) is 15.0 Å². The third-order valence-electron chi connectivity index (χ3n) is 11.5. The molecular weight excluding hydrogens is 959 g/mol. The Morgan fingerprint density at radius 2 is 0.817 bits per heavy atom. The Morgan fingerprint density at radius 1 is 0.423 bits per heavy atom. The Bertz CT molecular complexity index is 3340. The number of hydrogen-bond acceptors (Lipinski definition) is 15. The zero-order valence-corrected chi connectivity index (χ0v) is 40.7. The largest absolute Gasteiger partial charge is 0.423 e. The van der Waals surface area contributed by atoms with Crippen molar-refractivity contribution < 1.29 is 13.3 Å². The highest BCUT2D eigenvalue weighted by Gasteiger charge is 2.15. The van der Waals surface area contributed by atoms with Gasteiger partial charge >= 0.3 is 0 Å². The van der Waals surface area contributed by atoms with E-state index in [-0.39, 0.29) is 7.43 Å². The average Bonchev–Trinajstić information content (AvgIpc) is 4.23. The summed E-state index contributed by atoms with van der Waals surface area (Å²) in [5.41, 5.74) is 13.4. The molecule has 3 aliphatic heterocycles. The molecule has 0 unspecified atom stereocenters. The lowest BCUT2D eigenvalue weighted by atomic mass is 10.1. The molecule has 0 amide bonds. The predicted molar refractivity (Wildman–Crippen MR) is 290 cm³/mol. The Kier molecular flexibility index (Phi) is 14.7. The van der Waals surface area contributed by atoms with Crippen molar-refractivity contribution in [1.29, 1.82) is 0 Å². The molecule has 3 aliphatic rings.